The van der Waals surface area contributed by atoms with Crippen LogP contribution in [-0.4, -0.2) is 31.0 Å². The molecule has 0 saturated carbocycles. The van der Waals surface area contributed by atoms with Crippen LogP contribution in [0.5, 0.6) is 5.75 Å². The van der Waals surface area contributed by atoms with Crippen LogP contribution in [0, 0.1) is 0 Å². The first-order valence-electron chi connectivity index (χ1n) is 8.44. The number of hydrogen-bond acceptors (Lipinski definition) is 5. The van der Waals surface area contributed by atoms with E-state index in [0.717, 1.165) is 30.8 Å². The molecule has 1 fully saturated rings. The summed E-state index contributed by atoms with van der Waals surface area (Å²) in [5.74, 6) is 1.42. The van der Waals surface area contributed by atoms with Crippen LogP contribution in [0.3, 0.4) is 0 Å². The molecule has 3 rings (SSSR count). The fourth-order valence-electron chi connectivity index (χ4n) is 2.79. The Morgan fingerprint density at radius 2 is 2.12 bits per heavy atom. The molecule has 1 aromatic heterocycles. The van der Waals surface area contributed by atoms with Crippen LogP contribution in [0.4, 0.5) is 0 Å². The summed E-state index contributed by atoms with van der Waals surface area (Å²) in [7, 11) is 0. The summed E-state index contributed by atoms with van der Waals surface area (Å²) in [6, 6.07) is 11.5. The molecule has 5 nitrogen and oxygen atoms in total. The van der Waals surface area contributed by atoms with Gasteiger partial charge < -0.3 is 24.3 Å². The van der Waals surface area contributed by atoms with Gasteiger partial charge in [0.2, 0.25) is 0 Å². The minimum atomic E-state index is -1.02. The van der Waals surface area contributed by atoms with Gasteiger partial charge in [-0.1, -0.05) is 12.1 Å². The summed E-state index contributed by atoms with van der Waals surface area (Å²) in [5.41, 5.74) is 0.114. The molecule has 0 aliphatic carbocycles. The van der Waals surface area contributed by atoms with Gasteiger partial charge in [-0.3, -0.25) is 0 Å². The van der Waals surface area contributed by atoms with Gasteiger partial charge in [0.1, 0.15) is 23.7 Å². The van der Waals surface area contributed by atoms with Gasteiger partial charge in [0, 0.05) is 19.7 Å². The van der Waals surface area contributed by atoms with Crippen molar-refractivity contribution < 1.29 is 19.0 Å². The summed E-state index contributed by atoms with van der Waals surface area (Å²) >= 11 is 0. The molecule has 2 atom stereocenters. The Morgan fingerprint density at radius 3 is 2.79 bits per heavy atom. The van der Waals surface area contributed by atoms with Gasteiger partial charge in [-0.25, -0.2) is 0 Å². The van der Waals surface area contributed by atoms with Crippen molar-refractivity contribution in [3.63, 3.8) is 0 Å². The summed E-state index contributed by atoms with van der Waals surface area (Å²) in [4.78, 5) is 0. The van der Waals surface area contributed by atoms with Crippen LogP contribution in [0.1, 0.15) is 31.1 Å². The normalized spacial score (nSPS) is 20.0. The van der Waals surface area contributed by atoms with Crippen LogP contribution >= 0.6 is 0 Å². The monoisotopic (exact) mass is 331 g/mol. The van der Waals surface area contributed by atoms with Crippen molar-refractivity contribution in [1.82, 2.24) is 5.32 Å². The highest BCUT2D eigenvalue weighted by Gasteiger charge is 2.25. The Hall–Kier alpha value is -1.82. The largest absolute Gasteiger partial charge is 0.491 e. The number of ether oxygens (including phenoxy) is 2. The number of benzene rings is 1. The molecule has 0 bridgehead atoms. The van der Waals surface area contributed by atoms with Crippen molar-refractivity contribution in [1.29, 1.82) is 0 Å². The first-order valence-corrected chi connectivity index (χ1v) is 8.44. The van der Waals surface area contributed by atoms with Crippen molar-refractivity contribution in [3.8, 4) is 5.75 Å². The highest BCUT2D eigenvalue weighted by atomic mass is 16.5. The third kappa shape index (κ3) is 4.60. The Balaban J connectivity index is 1.42. The topological polar surface area (TPSA) is 63.9 Å². The Labute approximate surface area is 142 Å². The highest BCUT2D eigenvalue weighted by molar-refractivity contribution is 5.27. The highest BCUT2D eigenvalue weighted by Crippen LogP contribution is 2.20. The average Bonchev–Trinajstić information content (AvgIpc) is 3.28. The molecule has 0 radical (unpaired) electrons. The van der Waals surface area contributed by atoms with Crippen molar-refractivity contribution in [2.75, 3.05) is 19.8 Å². The van der Waals surface area contributed by atoms with Gasteiger partial charge in [-0.05, 0) is 49.6 Å². The third-order valence-electron chi connectivity index (χ3n) is 4.23. The molecule has 1 aliphatic heterocycles. The summed E-state index contributed by atoms with van der Waals surface area (Å²) < 4.78 is 16.6. The second kappa shape index (κ2) is 7.83. The summed E-state index contributed by atoms with van der Waals surface area (Å²) in [5, 5.41) is 13.6. The predicted molar refractivity (Wildman–Crippen MR) is 90.9 cm³/mol. The lowest BCUT2D eigenvalue weighted by atomic mass is 10.0. The van der Waals surface area contributed by atoms with Gasteiger partial charge in [0.15, 0.2) is 0 Å². The summed E-state index contributed by atoms with van der Waals surface area (Å²) in [6.45, 7) is 4.28. The molecule has 2 N–H and O–H groups in total. The minimum Gasteiger partial charge on any atom is -0.491 e. The number of aliphatic hydroxyl groups is 1. The fourth-order valence-corrected chi connectivity index (χ4v) is 2.79. The molecule has 1 saturated heterocycles. The van der Waals surface area contributed by atoms with Gasteiger partial charge in [-0.2, -0.15) is 0 Å². The second-order valence-corrected chi connectivity index (χ2v) is 6.44. The van der Waals surface area contributed by atoms with Crippen LogP contribution in [-0.2, 0) is 16.9 Å². The van der Waals surface area contributed by atoms with E-state index in [4.69, 9.17) is 13.9 Å². The molecule has 2 aromatic rings. The van der Waals surface area contributed by atoms with E-state index in [1.54, 1.807) is 25.3 Å². The SMILES string of the molecule is CC(O)(CNCc1ccc(OCC2CCCO2)cc1)c1ccco1. The zero-order valence-electron chi connectivity index (χ0n) is 14.0. The molecular weight excluding hydrogens is 306 g/mol. The molecular formula is C19H25NO4. The first-order chi connectivity index (χ1) is 11.6. The molecule has 24 heavy (non-hydrogen) atoms. The van der Waals surface area contributed by atoms with E-state index in [0.29, 0.717) is 25.5 Å². The zero-order chi connectivity index (χ0) is 16.8. The van der Waals surface area contributed by atoms with E-state index in [1.165, 1.54) is 0 Å². The average molecular weight is 331 g/mol. The number of furan rings is 1. The summed E-state index contributed by atoms with van der Waals surface area (Å²) in [6.07, 6.45) is 4.01. The quantitative estimate of drug-likeness (QED) is 0.779. The van der Waals surface area contributed by atoms with Crippen LogP contribution in [0.15, 0.2) is 47.1 Å². The van der Waals surface area contributed by atoms with E-state index in [2.05, 4.69) is 5.32 Å². The molecule has 2 unspecified atom stereocenters. The van der Waals surface area contributed by atoms with Crippen molar-refractivity contribution in [2.45, 2.75) is 38.0 Å². The number of nitrogens with one attached hydrogen (secondary N) is 1. The molecule has 1 aromatic carbocycles. The van der Waals surface area contributed by atoms with Gasteiger partial charge >= 0.3 is 0 Å². The van der Waals surface area contributed by atoms with E-state index < -0.39 is 5.60 Å². The van der Waals surface area contributed by atoms with E-state index in [-0.39, 0.29) is 6.10 Å². The maximum absolute atomic E-state index is 10.4. The van der Waals surface area contributed by atoms with E-state index >= 15 is 0 Å². The number of hydrogen-bond donors (Lipinski definition) is 2. The van der Waals surface area contributed by atoms with Crippen molar-refractivity contribution >= 4 is 0 Å². The molecule has 1 aliphatic rings. The number of rotatable bonds is 8. The van der Waals surface area contributed by atoms with Crippen LogP contribution in [0.25, 0.3) is 0 Å². The second-order valence-electron chi connectivity index (χ2n) is 6.44. The standard InChI is InChI=1S/C19H25NO4/c1-19(21,18-5-3-11-23-18)14-20-12-15-6-8-16(9-7-15)24-13-17-4-2-10-22-17/h3,5-9,11,17,20-21H,2,4,10,12-14H2,1H3. The lowest BCUT2D eigenvalue weighted by Gasteiger charge is -2.21. The van der Waals surface area contributed by atoms with Gasteiger partial charge in [0.05, 0.1) is 12.4 Å². The lowest BCUT2D eigenvalue weighted by molar-refractivity contribution is 0.0340. The van der Waals surface area contributed by atoms with E-state index in [9.17, 15) is 5.11 Å². The molecule has 130 valence electrons. The third-order valence-corrected chi connectivity index (χ3v) is 4.23. The zero-order valence-corrected chi connectivity index (χ0v) is 14.0. The Bertz CT molecular complexity index is 601. The minimum absolute atomic E-state index is 0.232. The molecule has 2 heterocycles. The smallest absolute Gasteiger partial charge is 0.136 e. The molecule has 0 amide bonds. The van der Waals surface area contributed by atoms with Crippen LogP contribution < -0.4 is 10.1 Å². The maximum Gasteiger partial charge on any atom is 0.136 e. The Morgan fingerprint density at radius 1 is 1.29 bits per heavy atom. The first kappa shape index (κ1) is 17.0. The fraction of sp³-hybridized carbons (Fsp3) is 0.474. The molecule has 0 spiro atoms. The Kier molecular flexibility index (Phi) is 5.56. The predicted octanol–water partition coefficient (Wildman–Crippen LogP) is 2.83. The maximum atomic E-state index is 10.4. The van der Waals surface area contributed by atoms with Crippen molar-refractivity contribution in [3.05, 3.63) is 54.0 Å². The van der Waals surface area contributed by atoms with E-state index in [1.807, 2.05) is 24.3 Å². The van der Waals surface area contributed by atoms with Gasteiger partial charge in [-0.15, -0.1) is 0 Å². The van der Waals surface area contributed by atoms with Crippen molar-refractivity contribution in [2.24, 2.45) is 0 Å². The molecule has 5 heteroatoms. The lowest BCUT2D eigenvalue weighted by Crippen LogP contribution is -2.34. The van der Waals surface area contributed by atoms with Gasteiger partial charge in [0.25, 0.3) is 0 Å². The van der Waals surface area contributed by atoms with Crippen LogP contribution in [0.2, 0.25) is 0 Å².